The standard InChI is InChI=1S/C20H23Cl2N7O3/c1-11-6-7-29(12(2)25-11)27-15-9-16(24-10-23-15)28(3)20(30)26-19-17(21)13(31-4)8-14(32-5)18(19)22/h6-10,12H,1-5H3,(H,26,30)(H,23,24,27). The fourth-order valence-electron chi connectivity index (χ4n) is 2.86. The van der Waals surface area contributed by atoms with Crippen LogP contribution in [-0.2, 0) is 0 Å². The molecule has 1 aliphatic rings. The van der Waals surface area contributed by atoms with Gasteiger partial charge in [0, 0.05) is 31.1 Å². The van der Waals surface area contributed by atoms with E-state index in [0.717, 1.165) is 5.71 Å². The Bertz CT molecular complexity index is 1050. The molecule has 2 amide bonds. The van der Waals surface area contributed by atoms with Gasteiger partial charge in [-0.2, -0.15) is 0 Å². The number of hydrogen-bond acceptors (Lipinski definition) is 8. The number of nitrogens with one attached hydrogen (secondary N) is 2. The van der Waals surface area contributed by atoms with Gasteiger partial charge in [0.05, 0.1) is 19.9 Å². The summed E-state index contributed by atoms with van der Waals surface area (Å²) in [4.78, 5) is 27.0. The van der Waals surface area contributed by atoms with Crippen LogP contribution in [0.2, 0.25) is 10.0 Å². The van der Waals surface area contributed by atoms with Gasteiger partial charge < -0.3 is 14.8 Å². The topological polar surface area (TPSA) is 104 Å². The largest absolute Gasteiger partial charge is 0.495 e. The van der Waals surface area contributed by atoms with Crippen molar-refractivity contribution in [2.45, 2.75) is 20.0 Å². The molecule has 0 saturated heterocycles. The number of aromatic nitrogens is 2. The maximum absolute atomic E-state index is 12.9. The van der Waals surface area contributed by atoms with Gasteiger partial charge in [-0.3, -0.25) is 20.3 Å². The minimum Gasteiger partial charge on any atom is -0.495 e. The van der Waals surface area contributed by atoms with E-state index in [1.807, 2.05) is 26.1 Å². The summed E-state index contributed by atoms with van der Waals surface area (Å²) in [5, 5.41) is 4.77. The normalized spacial score (nSPS) is 15.2. The number of hydrogen-bond donors (Lipinski definition) is 2. The zero-order valence-corrected chi connectivity index (χ0v) is 19.7. The van der Waals surface area contributed by atoms with Gasteiger partial charge in [0.15, 0.2) is 0 Å². The molecule has 2 N–H and O–H groups in total. The van der Waals surface area contributed by atoms with E-state index in [1.54, 1.807) is 18.1 Å². The molecule has 0 saturated carbocycles. The van der Waals surface area contributed by atoms with Crippen molar-refractivity contribution in [3.05, 3.63) is 40.8 Å². The van der Waals surface area contributed by atoms with Crippen LogP contribution in [0.15, 0.2) is 35.7 Å². The average Bonchev–Trinajstić information content (AvgIpc) is 2.78. The van der Waals surface area contributed by atoms with E-state index in [9.17, 15) is 4.79 Å². The van der Waals surface area contributed by atoms with Gasteiger partial charge in [-0.1, -0.05) is 23.2 Å². The lowest BCUT2D eigenvalue weighted by molar-refractivity contribution is 0.258. The van der Waals surface area contributed by atoms with Crippen molar-refractivity contribution in [1.82, 2.24) is 15.0 Å². The highest BCUT2D eigenvalue weighted by Crippen LogP contribution is 2.44. The predicted octanol–water partition coefficient (Wildman–Crippen LogP) is 4.43. The highest BCUT2D eigenvalue weighted by atomic mass is 35.5. The molecule has 2 aromatic rings. The Kier molecular flexibility index (Phi) is 7.26. The van der Waals surface area contributed by atoms with Crippen LogP contribution in [0, 0.1) is 0 Å². The van der Waals surface area contributed by atoms with Crippen molar-refractivity contribution in [3.63, 3.8) is 0 Å². The third kappa shape index (κ3) is 4.97. The van der Waals surface area contributed by atoms with E-state index in [2.05, 4.69) is 25.7 Å². The molecule has 170 valence electrons. The first kappa shape index (κ1) is 23.4. The predicted molar refractivity (Wildman–Crippen MR) is 126 cm³/mol. The number of nitrogens with zero attached hydrogens (tertiary/aromatic N) is 5. The van der Waals surface area contributed by atoms with Crippen molar-refractivity contribution in [3.8, 4) is 11.5 Å². The number of carbonyl (C=O) groups is 1. The molecule has 10 nitrogen and oxygen atoms in total. The van der Waals surface area contributed by atoms with Crippen molar-refractivity contribution >= 4 is 52.3 Å². The number of carbonyl (C=O) groups excluding carboxylic acids is 1. The number of allylic oxidation sites excluding steroid dienone is 1. The summed E-state index contributed by atoms with van der Waals surface area (Å²) in [5.41, 5.74) is 4.23. The summed E-state index contributed by atoms with van der Waals surface area (Å²) >= 11 is 12.7. The van der Waals surface area contributed by atoms with Crippen LogP contribution in [0.5, 0.6) is 11.5 Å². The van der Waals surface area contributed by atoms with Gasteiger partial charge in [-0.05, 0) is 19.9 Å². The number of halogens is 2. The smallest absolute Gasteiger partial charge is 0.327 e. The number of ether oxygens (including phenoxy) is 2. The maximum atomic E-state index is 12.9. The molecule has 32 heavy (non-hydrogen) atoms. The molecule has 2 heterocycles. The number of aliphatic imine (C=N–C) groups is 1. The molecule has 1 unspecified atom stereocenters. The van der Waals surface area contributed by atoms with Gasteiger partial charge in [-0.25, -0.2) is 14.8 Å². The first-order valence-electron chi connectivity index (χ1n) is 9.49. The summed E-state index contributed by atoms with van der Waals surface area (Å²) in [6, 6.07) is 2.63. The molecule has 1 aromatic heterocycles. The summed E-state index contributed by atoms with van der Waals surface area (Å²) in [6.07, 6.45) is 4.98. The van der Waals surface area contributed by atoms with Crippen LogP contribution >= 0.6 is 23.2 Å². The molecule has 1 aromatic carbocycles. The van der Waals surface area contributed by atoms with Crippen molar-refractivity contribution < 1.29 is 14.3 Å². The van der Waals surface area contributed by atoms with Gasteiger partial charge in [0.25, 0.3) is 0 Å². The highest BCUT2D eigenvalue weighted by molar-refractivity contribution is 6.41. The summed E-state index contributed by atoms with van der Waals surface area (Å²) in [7, 11) is 4.46. The number of anilines is 3. The molecule has 0 aliphatic carbocycles. The van der Waals surface area contributed by atoms with Crippen molar-refractivity contribution in [2.24, 2.45) is 4.99 Å². The Labute approximate surface area is 195 Å². The van der Waals surface area contributed by atoms with Crippen molar-refractivity contribution in [2.75, 3.05) is 36.9 Å². The van der Waals surface area contributed by atoms with Gasteiger partial charge in [-0.15, -0.1) is 0 Å². The van der Waals surface area contributed by atoms with Gasteiger partial charge in [0.1, 0.15) is 45.7 Å². The van der Waals surface area contributed by atoms with Gasteiger partial charge >= 0.3 is 6.03 Å². The second kappa shape index (κ2) is 9.92. The third-order valence-electron chi connectivity index (χ3n) is 4.62. The van der Waals surface area contributed by atoms with Crippen LogP contribution in [0.1, 0.15) is 13.8 Å². The third-order valence-corrected chi connectivity index (χ3v) is 5.37. The Hall–Kier alpha value is -3.24. The fraction of sp³-hybridized carbons (Fsp3) is 0.300. The number of hydrazine groups is 1. The number of urea groups is 1. The number of benzene rings is 1. The minimum atomic E-state index is -0.528. The van der Waals surface area contributed by atoms with Crippen LogP contribution in [-0.4, -0.2) is 54.2 Å². The fourth-order valence-corrected chi connectivity index (χ4v) is 3.45. The number of amides is 2. The second-order valence-electron chi connectivity index (χ2n) is 6.77. The van der Waals surface area contributed by atoms with E-state index in [0.29, 0.717) is 23.1 Å². The van der Waals surface area contributed by atoms with E-state index >= 15 is 0 Å². The lowest BCUT2D eigenvalue weighted by Gasteiger charge is -2.28. The number of rotatable bonds is 6. The molecule has 1 atom stereocenters. The average molecular weight is 480 g/mol. The monoisotopic (exact) mass is 479 g/mol. The molecule has 0 fully saturated rings. The van der Waals surface area contributed by atoms with Crippen LogP contribution in [0.4, 0.5) is 22.1 Å². The van der Waals surface area contributed by atoms with Gasteiger partial charge in [0.2, 0.25) is 0 Å². The Morgan fingerprint density at radius 2 is 1.81 bits per heavy atom. The molecule has 0 radical (unpaired) electrons. The Morgan fingerprint density at radius 3 is 2.41 bits per heavy atom. The summed E-state index contributed by atoms with van der Waals surface area (Å²) in [6.45, 7) is 3.87. The van der Waals surface area contributed by atoms with Crippen molar-refractivity contribution in [1.29, 1.82) is 0 Å². The van der Waals surface area contributed by atoms with E-state index in [1.165, 1.54) is 31.5 Å². The minimum absolute atomic E-state index is 0.119. The molecule has 1 aliphatic heterocycles. The molecular weight excluding hydrogens is 457 g/mol. The van der Waals surface area contributed by atoms with E-state index in [-0.39, 0.29) is 21.9 Å². The number of methoxy groups -OCH3 is 2. The summed E-state index contributed by atoms with van der Waals surface area (Å²) < 4.78 is 10.5. The second-order valence-corrected chi connectivity index (χ2v) is 7.53. The van der Waals surface area contributed by atoms with Crippen LogP contribution in [0.3, 0.4) is 0 Å². The first-order valence-corrected chi connectivity index (χ1v) is 10.2. The van der Waals surface area contributed by atoms with E-state index in [4.69, 9.17) is 32.7 Å². The lowest BCUT2D eigenvalue weighted by atomic mass is 10.2. The molecule has 0 bridgehead atoms. The highest BCUT2D eigenvalue weighted by Gasteiger charge is 2.22. The van der Waals surface area contributed by atoms with E-state index < -0.39 is 6.03 Å². The molecule has 12 heteroatoms. The van der Waals surface area contributed by atoms with Crippen LogP contribution < -0.4 is 25.1 Å². The Balaban J connectivity index is 1.79. The quantitative estimate of drug-likeness (QED) is 0.630. The Morgan fingerprint density at radius 1 is 1.16 bits per heavy atom. The summed E-state index contributed by atoms with van der Waals surface area (Å²) in [5.74, 6) is 1.44. The lowest BCUT2D eigenvalue weighted by Crippen LogP contribution is -2.35. The SMILES string of the molecule is COc1cc(OC)c(Cl)c(NC(=O)N(C)c2cc(NN3C=CC(C)=NC3C)ncn2)c1Cl. The zero-order valence-electron chi connectivity index (χ0n) is 18.2. The molecule has 0 spiro atoms. The zero-order chi connectivity index (χ0) is 23.4. The molecule has 3 rings (SSSR count). The van der Waals surface area contributed by atoms with Crippen LogP contribution in [0.25, 0.3) is 0 Å². The molecular formula is C20H23Cl2N7O3. The first-order chi connectivity index (χ1) is 15.2. The maximum Gasteiger partial charge on any atom is 0.327 e.